The number of likely N-dealkylation sites (N-methyl/N-ethyl adjacent to an activating group) is 1. The molecule has 0 aromatic carbocycles. The standard InChI is InChI=1S/C22H21N8O4.Y/c1-23-21(33)17-15(31)16(32)22(34-17)30-11-27-14-19(26-10-13-6-2-3-8-25-13)28-18(29-20(14)30)12-5-4-7-24-9-12;/h2-9,15-17,22,31-32H,10H2,1H3,(H,23,33)(H,26,28,29);/q-1;/t15-,16+,17-,22+;/m0./s1. The number of carbonyl (C=O) groups excluding carboxylic acids is 1. The number of nitrogens with one attached hydrogen (secondary N) is 2. The van der Waals surface area contributed by atoms with Gasteiger partial charge in [-0.05, 0) is 29.8 Å². The first-order valence-corrected chi connectivity index (χ1v) is 10.5. The number of aliphatic hydroxyl groups excluding tert-OH is 2. The number of hydrogen-bond acceptors (Lipinski definition) is 10. The number of imidazole rings is 1. The van der Waals surface area contributed by atoms with Crippen molar-refractivity contribution in [3.8, 4) is 11.4 Å². The summed E-state index contributed by atoms with van der Waals surface area (Å²) in [5.41, 5.74) is 2.13. The van der Waals surface area contributed by atoms with Crippen LogP contribution in [-0.2, 0) is 48.8 Å². The number of anilines is 1. The van der Waals surface area contributed by atoms with Gasteiger partial charge >= 0.3 is 0 Å². The summed E-state index contributed by atoms with van der Waals surface area (Å²) in [6, 6.07) is 9.17. The maximum atomic E-state index is 12.1. The summed E-state index contributed by atoms with van der Waals surface area (Å²) in [4.78, 5) is 34.0. The Hall–Kier alpha value is -2.90. The number of fused-ring (bicyclic) bond motifs is 1. The summed E-state index contributed by atoms with van der Waals surface area (Å²) in [6.45, 7) is 0.381. The molecule has 1 radical (unpaired) electrons. The molecule has 5 rings (SSSR count). The third-order valence-electron chi connectivity index (χ3n) is 5.44. The van der Waals surface area contributed by atoms with Gasteiger partial charge < -0.3 is 35.1 Å². The first-order chi connectivity index (χ1) is 16.6. The van der Waals surface area contributed by atoms with E-state index >= 15 is 0 Å². The minimum Gasteiger partial charge on any atom is -0.406 e. The van der Waals surface area contributed by atoms with Gasteiger partial charge in [0, 0.05) is 75.9 Å². The van der Waals surface area contributed by atoms with Gasteiger partial charge in [-0.3, -0.25) is 19.7 Å². The molecule has 5 heterocycles. The summed E-state index contributed by atoms with van der Waals surface area (Å²) >= 11 is 0. The van der Waals surface area contributed by atoms with Crippen LogP contribution in [0.3, 0.4) is 0 Å². The maximum absolute atomic E-state index is 12.1. The molecular formula is C22H21N8O4Y-. The molecule has 12 nitrogen and oxygen atoms in total. The number of aromatic nitrogens is 6. The van der Waals surface area contributed by atoms with Crippen LogP contribution in [0.5, 0.6) is 0 Å². The number of hydrogen-bond donors (Lipinski definition) is 4. The Morgan fingerprint density at radius 1 is 1.17 bits per heavy atom. The number of ether oxygens (including phenoxy) is 1. The summed E-state index contributed by atoms with van der Waals surface area (Å²) in [5, 5.41) is 26.6. The Morgan fingerprint density at radius 2 is 2.03 bits per heavy atom. The molecule has 4 aromatic heterocycles. The zero-order valence-corrected chi connectivity index (χ0v) is 21.4. The predicted molar refractivity (Wildman–Crippen MR) is 119 cm³/mol. The number of carbonyl (C=O) groups is 1. The van der Waals surface area contributed by atoms with Crippen LogP contribution in [0, 0.1) is 6.33 Å². The average molecular weight is 550 g/mol. The fourth-order valence-corrected chi connectivity index (χ4v) is 3.70. The van der Waals surface area contributed by atoms with Crippen LogP contribution in [-0.4, -0.2) is 71.0 Å². The van der Waals surface area contributed by atoms with Crippen LogP contribution in [0.4, 0.5) is 5.82 Å². The van der Waals surface area contributed by atoms with Crippen molar-refractivity contribution in [1.29, 1.82) is 0 Å². The number of nitrogens with zero attached hydrogens (tertiary/aromatic N) is 6. The van der Waals surface area contributed by atoms with E-state index in [4.69, 9.17) is 4.74 Å². The van der Waals surface area contributed by atoms with Gasteiger partial charge in [-0.15, -0.1) is 0 Å². The molecule has 177 valence electrons. The van der Waals surface area contributed by atoms with Crippen molar-refractivity contribution >= 4 is 22.9 Å². The summed E-state index contributed by atoms with van der Waals surface area (Å²) in [7, 11) is 1.42. The smallest absolute Gasteiger partial charge is 0.251 e. The molecule has 13 heteroatoms. The quantitative estimate of drug-likeness (QED) is 0.242. The fourth-order valence-electron chi connectivity index (χ4n) is 3.70. The van der Waals surface area contributed by atoms with Crippen LogP contribution in [0.15, 0.2) is 48.9 Å². The Balaban J connectivity index is 0.00000289. The van der Waals surface area contributed by atoms with Crippen LogP contribution in [0.1, 0.15) is 11.9 Å². The number of rotatable bonds is 6. The molecule has 1 aliphatic rings. The van der Waals surface area contributed by atoms with Gasteiger partial charge in [-0.25, -0.2) is 4.98 Å². The predicted octanol–water partition coefficient (Wildman–Crippen LogP) is 0.0583. The Morgan fingerprint density at radius 3 is 2.74 bits per heavy atom. The third-order valence-corrected chi connectivity index (χ3v) is 5.44. The summed E-state index contributed by atoms with van der Waals surface area (Å²) in [5.74, 6) is 0.220. The van der Waals surface area contributed by atoms with Crippen molar-refractivity contribution in [2.24, 2.45) is 0 Å². The molecule has 1 fully saturated rings. The molecule has 1 amide bonds. The summed E-state index contributed by atoms with van der Waals surface area (Å²) in [6.07, 6.45) is 2.50. The molecule has 4 aromatic rings. The van der Waals surface area contributed by atoms with E-state index in [0.29, 0.717) is 34.9 Å². The van der Waals surface area contributed by atoms with Crippen molar-refractivity contribution in [3.05, 3.63) is 60.9 Å². The van der Waals surface area contributed by atoms with Gasteiger partial charge in [-0.2, -0.15) is 0 Å². The molecule has 35 heavy (non-hydrogen) atoms. The van der Waals surface area contributed by atoms with E-state index in [1.54, 1.807) is 24.7 Å². The first kappa shape index (κ1) is 25.2. The maximum Gasteiger partial charge on any atom is 0.251 e. The van der Waals surface area contributed by atoms with Crippen molar-refractivity contribution in [3.63, 3.8) is 0 Å². The second-order valence-corrected chi connectivity index (χ2v) is 7.61. The Bertz CT molecular complexity index is 1310. The monoisotopic (exact) mass is 550 g/mol. The van der Waals surface area contributed by atoms with Gasteiger partial charge in [0.1, 0.15) is 18.4 Å². The average Bonchev–Trinajstić information content (AvgIpc) is 3.44. The van der Waals surface area contributed by atoms with E-state index in [1.807, 2.05) is 24.3 Å². The molecule has 0 unspecified atom stereocenters. The van der Waals surface area contributed by atoms with E-state index in [2.05, 4.69) is 41.9 Å². The van der Waals surface area contributed by atoms with E-state index < -0.39 is 30.4 Å². The largest absolute Gasteiger partial charge is 0.406 e. The minimum absolute atomic E-state index is 0. The van der Waals surface area contributed by atoms with Gasteiger partial charge in [0.05, 0.1) is 18.1 Å². The molecular weight excluding hydrogens is 529 g/mol. The topological polar surface area (TPSA) is 160 Å². The van der Waals surface area contributed by atoms with Crippen LogP contribution in [0.2, 0.25) is 0 Å². The zero-order chi connectivity index (χ0) is 23.7. The van der Waals surface area contributed by atoms with E-state index in [-0.39, 0.29) is 32.7 Å². The van der Waals surface area contributed by atoms with Gasteiger partial charge in [0.25, 0.3) is 5.91 Å². The van der Waals surface area contributed by atoms with E-state index in [1.165, 1.54) is 11.6 Å². The zero-order valence-electron chi connectivity index (χ0n) is 18.6. The second-order valence-electron chi connectivity index (χ2n) is 7.61. The Labute approximate surface area is 225 Å². The van der Waals surface area contributed by atoms with Gasteiger partial charge in [0.15, 0.2) is 11.9 Å². The fraction of sp³-hybridized carbons (Fsp3) is 0.273. The van der Waals surface area contributed by atoms with Crippen molar-refractivity contribution < 1.29 is 52.5 Å². The molecule has 0 aliphatic carbocycles. The van der Waals surface area contributed by atoms with E-state index in [9.17, 15) is 15.0 Å². The minimum atomic E-state index is -1.43. The SMILES string of the molecule is CNC(=O)[C@H]1O[C@@H](n2[c-]nc3c(NCc4ccccn4)nc(-c4cccnc4)nc32)[C@H](O)[C@@H]1O.[Y]. The number of amides is 1. The molecule has 1 aliphatic heterocycles. The van der Waals surface area contributed by atoms with Crippen molar-refractivity contribution in [1.82, 2.24) is 34.8 Å². The Kier molecular flexibility index (Phi) is 7.77. The molecule has 4 atom stereocenters. The van der Waals surface area contributed by atoms with Crippen LogP contribution < -0.4 is 10.6 Å². The molecule has 0 bridgehead atoms. The number of pyridine rings is 2. The third kappa shape index (κ3) is 4.93. The molecule has 0 saturated carbocycles. The van der Waals surface area contributed by atoms with Crippen molar-refractivity contribution in [2.75, 3.05) is 12.4 Å². The molecule has 1 saturated heterocycles. The second kappa shape index (κ2) is 10.8. The normalized spacial score (nSPS) is 21.5. The first-order valence-electron chi connectivity index (χ1n) is 10.5. The molecule has 4 N–H and O–H groups in total. The summed E-state index contributed by atoms with van der Waals surface area (Å²) < 4.78 is 7.04. The van der Waals surface area contributed by atoms with Crippen LogP contribution in [0.25, 0.3) is 22.6 Å². The van der Waals surface area contributed by atoms with Crippen LogP contribution >= 0.6 is 0 Å². The van der Waals surface area contributed by atoms with Crippen molar-refractivity contribution in [2.45, 2.75) is 31.1 Å². The van der Waals surface area contributed by atoms with Gasteiger partial charge in [-0.1, -0.05) is 6.07 Å². The van der Waals surface area contributed by atoms with E-state index in [0.717, 1.165) is 5.69 Å². The molecule has 0 spiro atoms. The van der Waals surface area contributed by atoms with Gasteiger partial charge in [0.2, 0.25) is 0 Å². The number of aliphatic hydroxyl groups is 2.